The fourth-order valence-corrected chi connectivity index (χ4v) is 2.46. The normalized spacial score (nSPS) is 13.8. The molecule has 1 unspecified atom stereocenters. The Morgan fingerprint density at radius 1 is 1.25 bits per heavy atom. The predicted molar refractivity (Wildman–Crippen MR) is 65.0 cm³/mol. The molecule has 0 bridgehead atoms. The molecule has 0 saturated carbocycles. The van der Waals surface area contributed by atoms with Crippen molar-refractivity contribution < 1.29 is 0 Å². The average molecular weight is 283 g/mol. The highest BCUT2D eigenvalue weighted by Crippen LogP contribution is 2.05. The molecular weight excluding hydrogens is 261 g/mol. The highest BCUT2D eigenvalue weighted by atomic mass is 127. The van der Waals surface area contributed by atoms with Gasteiger partial charge in [-0.3, -0.25) is 0 Å². The second-order valence-electron chi connectivity index (χ2n) is 3.67. The molecule has 0 aromatic heterocycles. The molecule has 74 valence electrons. The van der Waals surface area contributed by atoms with Gasteiger partial charge in [-0.25, -0.2) is 0 Å². The van der Waals surface area contributed by atoms with Crippen molar-refractivity contribution in [2.24, 2.45) is 5.92 Å². The molecule has 0 radical (unpaired) electrons. The van der Waals surface area contributed by atoms with Crippen molar-refractivity contribution >= 4 is 22.6 Å². The summed E-state index contributed by atoms with van der Waals surface area (Å²) in [5.41, 5.74) is 0. The van der Waals surface area contributed by atoms with Crippen LogP contribution in [0.2, 0.25) is 0 Å². The number of unbranched alkanes of at least 4 members (excludes halogenated alkanes) is 2. The van der Waals surface area contributed by atoms with Crippen LogP contribution >= 0.6 is 22.6 Å². The monoisotopic (exact) mass is 283 g/mol. The maximum absolute atomic E-state index is 3.60. The van der Waals surface area contributed by atoms with E-state index in [1.54, 1.807) is 0 Å². The Kier molecular flexibility index (Phi) is 8.77. The van der Waals surface area contributed by atoms with Gasteiger partial charge < -0.3 is 5.32 Å². The summed E-state index contributed by atoms with van der Waals surface area (Å²) >= 11 is 2.46. The lowest BCUT2D eigenvalue weighted by Gasteiger charge is -2.19. The zero-order chi connectivity index (χ0) is 9.40. The van der Waals surface area contributed by atoms with E-state index in [9.17, 15) is 0 Å². The topological polar surface area (TPSA) is 12.0 Å². The zero-order valence-corrected chi connectivity index (χ0v) is 10.7. The van der Waals surface area contributed by atoms with Gasteiger partial charge in [0.1, 0.15) is 0 Å². The summed E-state index contributed by atoms with van der Waals surface area (Å²) in [5, 5.41) is 3.60. The highest BCUT2D eigenvalue weighted by molar-refractivity contribution is 14.1. The van der Waals surface area contributed by atoms with E-state index in [1.807, 2.05) is 0 Å². The molecule has 0 fully saturated rings. The lowest BCUT2D eigenvalue weighted by Crippen LogP contribution is -2.35. The van der Waals surface area contributed by atoms with Crippen LogP contribution in [0.4, 0.5) is 0 Å². The molecule has 0 heterocycles. The summed E-state index contributed by atoms with van der Waals surface area (Å²) < 4.78 is 1.22. The zero-order valence-electron chi connectivity index (χ0n) is 8.57. The summed E-state index contributed by atoms with van der Waals surface area (Å²) in [4.78, 5) is 0. The first kappa shape index (κ1) is 12.7. The summed E-state index contributed by atoms with van der Waals surface area (Å²) in [5.74, 6) is 0.767. The number of alkyl halides is 1. The van der Waals surface area contributed by atoms with Gasteiger partial charge in [-0.2, -0.15) is 0 Å². The standard InChI is InChI=1S/C10H22IN/c1-4-5-6-7-12-10(8-11)9(2)3/h9-10,12H,4-8H2,1-3H3. The van der Waals surface area contributed by atoms with Gasteiger partial charge in [-0.05, 0) is 18.9 Å². The molecule has 1 atom stereocenters. The third-order valence-electron chi connectivity index (χ3n) is 2.16. The first-order chi connectivity index (χ1) is 5.72. The predicted octanol–water partition coefficient (Wildman–Crippen LogP) is 3.23. The fraction of sp³-hybridized carbons (Fsp3) is 1.00. The molecular formula is C10H22IN. The van der Waals surface area contributed by atoms with Gasteiger partial charge >= 0.3 is 0 Å². The second-order valence-corrected chi connectivity index (χ2v) is 4.55. The number of hydrogen-bond acceptors (Lipinski definition) is 1. The molecule has 12 heavy (non-hydrogen) atoms. The van der Waals surface area contributed by atoms with Crippen LogP contribution in [0.3, 0.4) is 0 Å². The Morgan fingerprint density at radius 3 is 2.33 bits per heavy atom. The second kappa shape index (κ2) is 8.30. The number of rotatable bonds is 7. The van der Waals surface area contributed by atoms with Crippen LogP contribution in [0.5, 0.6) is 0 Å². The largest absolute Gasteiger partial charge is 0.313 e. The van der Waals surface area contributed by atoms with Crippen LogP contribution in [-0.2, 0) is 0 Å². The molecule has 0 saturated heterocycles. The molecule has 0 aliphatic rings. The molecule has 0 spiro atoms. The number of halogens is 1. The van der Waals surface area contributed by atoms with E-state index in [4.69, 9.17) is 0 Å². The quantitative estimate of drug-likeness (QED) is 0.430. The van der Waals surface area contributed by atoms with E-state index in [0.717, 1.165) is 5.92 Å². The van der Waals surface area contributed by atoms with Crippen molar-refractivity contribution in [3.63, 3.8) is 0 Å². The Bertz CT molecular complexity index is 93.8. The Hall–Kier alpha value is 0.690. The Balaban J connectivity index is 3.32. The van der Waals surface area contributed by atoms with Crippen LogP contribution < -0.4 is 5.32 Å². The minimum atomic E-state index is 0.711. The van der Waals surface area contributed by atoms with Gasteiger partial charge in [0, 0.05) is 10.5 Å². The van der Waals surface area contributed by atoms with Gasteiger partial charge in [0.2, 0.25) is 0 Å². The first-order valence-electron chi connectivity index (χ1n) is 5.01. The summed E-state index contributed by atoms with van der Waals surface area (Å²) in [6.45, 7) is 8.02. The number of hydrogen-bond donors (Lipinski definition) is 1. The lowest BCUT2D eigenvalue weighted by molar-refractivity contribution is 0.431. The summed E-state index contributed by atoms with van der Waals surface area (Å²) in [7, 11) is 0. The van der Waals surface area contributed by atoms with E-state index in [-0.39, 0.29) is 0 Å². The van der Waals surface area contributed by atoms with Crippen molar-refractivity contribution in [3.8, 4) is 0 Å². The van der Waals surface area contributed by atoms with E-state index in [2.05, 4.69) is 48.7 Å². The van der Waals surface area contributed by atoms with Crippen LogP contribution in [0, 0.1) is 5.92 Å². The molecule has 2 heteroatoms. The van der Waals surface area contributed by atoms with E-state index in [0.29, 0.717) is 6.04 Å². The maximum atomic E-state index is 3.60. The average Bonchev–Trinajstić information content (AvgIpc) is 2.04. The van der Waals surface area contributed by atoms with Gasteiger partial charge in [0.15, 0.2) is 0 Å². The van der Waals surface area contributed by atoms with Crippen LogP contribution in [0.15, 0.2) is 0 Å². The molecule has 0 aliphatic carbocycles. The maximum Gasteiger partial charge on any atom is 0.0180 e. The van der Waals surface area contributed by atoms with Crippen molar-refractivity contribution in [1.82, 2.24) is 5.32 Å². The highest BCUT2D eigenvalue weighted by Gasteiger charge is 2.09. The van der Waals surface area contributed by atoms with Crippen LogP contribution in [0.25, 0.3) is 0 Å². The van der Waals surface area contributed by atoms with Crippen LogP contribution in [-0.4, -0.2) is 17.0 Å². The first-order valence-corrected chi connectivity index (χ1v) is 6.54. The van der Waals surface area contributed by atoms with E-state index < -0.39 is 0 Å². The molecule has 1 N–H and O–H groups in total. The molecule has 0 rings (SSSR count). The third kappa shape index (κ3) is 6.23. The fourth-order valence-electron chi connectivity index (χ4n) is 1.13. The number of nitrogens with one attached hydrogen (secondary N) is 1. The van der Waals surface area contributed by atoms with Gasteiger partial charge in [-0.15, -0.1) is 0 Å². The smallest absolute Gasteiger partial charge is 0.0180 e. The van der Waals surface area contributed by atoms with E-state index in [1.165, 1.54) is 30.2 Å². The Morgan fingerprint density at radius 2 is 1.92 bits per heavy atom. The molecule has 0 aliphatic heterocycles. The van der Waals surface area contributed by atoms with Crippen molar-refractivity contribution in [1.29, 1.82) is 0 Å². The summed E-state index contributed by atoms with van der Waals surface area (Å²) in [6.07, 6.45) is 4.01. The van der Waals surface area contributed by atoms with Gasteiger partial charge in [0.05, 0.1) is 0 Å². The molecule has 0 aromatic carbocycles. The minimum absolute atomic E-state index is 0.711. The van der Waals surface area contributed by atoms with Crippen molar-refractivity contribution in [2.45, 2.75) is 46.1 Å². The van der Waals surface area contributed by atoms with Gasteiger partial charge in [-0.1, -0.05) is 56.2 Å². The Labute approximate surface area is 90.8 Å². The third-order valence-corrected chi connectivity index (χ3v) is 3.11. The SMILES string of the molecule is CCCCCNC(CI)C(C)C. The molecule has 1 nitrogen and oxygen atoms in total. The molecule has 0 amide bonds. The molecule has 0 aromatic rings. The lowest BCUT2D eigenvalue weighted by atomic mass is 10.1. The summed E-state index contributed by atoms with van der Waals surface area (Å²) in [6, 6.07) is 0.711. The van der Waals surface area contributed by atoms with Crippen molar-refractivity contribution in [2.75, 3.05) is 11.0 Å². The van der Waals surface area contributed by atoms with E-state index >= 15 is 0 Å². The van der Waals surface area contributed by atoms with Gasteiger partial charge in [0.25, 0.3) is 0 Å². The van der Waals surface area contributed by atoms with Crippen LogP contribution in [0.1, 0.15) is 40.0 Å². The van der Waals surface area contributed by atoms with Crippen molar-refractivity contribution in [3.05, 3.63) is 0 Å². The minimum Gasteiger partial charge on any atom is -0.313 e.